The third-order valence-electron chi connectivity index (χ3n) is 1.54. The van der Waals surface area contributed by atoms with Crippen molar-refractivity contribution in [3.8, 4) is 0 Å². The van der Waals surface area contributed by atoms with Crippen molar-refractivity contribution < 1.29 is 14.7 Å². The number of aliphatic carboxylic acids is 1. The van der Waals surface area contributed by atoms with E-state index >= 15 is 0 Å². The molecule has 0 saturated carbocycles. The van der Waals surface area contributed by atoms with Crippen LogP contribution in [-0.2, 0) is 9.59 Å². The Balaban J connectivity index is 4.04. The second-order valence-corrected chi connectivity index (χ2v) is 3.17. The zero-order valence-corrected chi connectivity index (χ0v) is 8.41. The second kappa shape index (κ2) is 6.25. The first-order valence-electron chi connectivity index (χ1n) is 3.93. The topological polar surface area (TPSA) is 119 Å². The summed E-state index contributed by atoms with van der Waals surface area (Å²) in [4.78, 5) is 24.8. The lowest BCUT2D eigenvalue weighted by Crippen LogP contribution is -2.23. The van der Waals surface area contributed by atoms with E-state index in [0.29, 0.717) is 0 Å². The fourth-order valence-corrected chi connectivity index (χ4v) is 1.09. The first-order valence-corrected chi connectivity index (χ1v) is 4.38. The summed E-state index contributed by atoms with van der Waals surface area (Å²) >= 11 is 3.58. The van der Waals surface area contributed by atoms with Gasteiger partial charge < -0.3 is 16.6 Å². The number of thiol groups is 1. The first-order chi connectivity index (χ1) is 6.43. The number of hydrogen-bond donors (Lipinski definition) is 4. The molecule has 0 aromatic rings. The quantitative estimate of drug-likeness (QED) is 0.265. The number of carbonyl (C=O) groups excluding carboxylic acids is 1. The van der Waals surface area contributed by atoms with Gasteiger partial charge in [0.15, 0.2) is 11.1 Å². The predicted octanol–water partition coefficient (Wildman–Crippen LogP) is -0.803. The van der Waals surface area contributed by atoms with Crippen LogP contribution < -0.4 is 11.5 Å². The highest BCUT2D eigenvalue weighted by Crippen LogP contribution is 2.12. The van der Waals surface area contributed by atoms with Crippen LogP contribution in [0.25, 0.3) is 0 Å². The number of guanidine groups is 1. The van der Waals surface area contributed by atoms with Crippen LogP contribution in [0.3, 0.4) is 0 Å². The maximum atomic E-state index is 10.8. The Morgan fingerprint density at radius 2 is 2.00 bits per heavy atom. The number of hydrogen-bond acceptors (Lipinski definition) is 3. The van der Waals surface area contributed by atoms with Gasteiger partial charge in [-0.3, -0.25) is 14.6 Å². The Labute approximate surface area is 86.8 Å². The number of rotatable bonds is 6. The van der Waals surface area contributed by atoms with Gasteiger partial charge in [0.2, 0.25) is 0 Å². The lowest BCUT2D eigenvalue weighted by Gasteiger charge is -2.07. The average Bonchev–Trinajstić information content (AvgIpc) is 2.00. The van der Waals surface area contributed by atoms with Crippen molar-refractivity contribution in [1.82, 2.24) is 0 Å². The van der Waals surface area contributed by atoms with Gasteiger partial charge in [-0.25, -0.2) is 0 Å². The maximum Gasteiger partial charge on any atom is 0.304 e. The molecule has 0 bridgehead atoms. The molecule has 0 aliphatic heterocycles. The van der Waals surface area contributed by atoms with Crippen LogP contribution in [0.4, 0.5) is 0 Å². The summed E-state index contributed by atoms with van der Waals surface area (Å²) < 4.78 is 0. The van der Waals surface area contributed by atoms with Crippen molar-refractivity contribution in [2.75, 3.05) is 6.54 Å². The Hall–Kier alpha value is -1.24. The standard InChI is InChI=1S/C7H13N3O3S/c8-7(9)10-2-1-4(6(13)14)3-5(11)12/h4H,1-3H2,(H,11,12)(H,13,14)(H4,8,9,10). The number of aliphatic imine (C=N–C) groups is 1. The van der Waals surface area contributed by atoms with Crippen molar-refractivity contribution >= 4 is 29.7 Å². The van der Waals surface area contributed by atoms with Gasteiger partial charge in [-0.1, -0.05) is 0 Å². The van der Waals surface area contributed by atoms with Crippen molar-refractivity contribution in [2.45, 2.75) is 12.8 Å². The minimum absolute atomic E-state index is 0.0781. The van der Waals surface area contributed by atoms with Crippen LogP contribution in [0.15, 0.2) is 4.99 Å². The SMILES string of the molecule is NC(N)=NCCC(CC(=O)O)C(=O)S. The average molecular weight is 219 g/mol. The van der Waals surface area contributed by atoms with E-state index in [1.807, 2.05) is 0 Å². The van der Waals surface area contributed by atoms with Gasteiger partial charge in [-0.05, 0) is 6.42 Å². The van der Waals surface area contributed by atoms with E-state index in [1.54, 1.807) is 0 Å². The molecule has 0 fully saturated rings. The highest BCUT2D eigenvalue weighted by molar-refractivity contribution is 7.96. The van der Waals surface area contributed by atoms with E-state index in [-0.39, 0.29) is 25.3 Å². The molecule has 5 N–H and O–H groups in total. The largest absolute Gasteiger partial charge is 0.481 e. The lowest BCUT2D eigenvalue weighted by molar-refractivity contribution is -0.139. The van der Waals surface area contributed by atoms with Crippen LogP contribution in [-0.4, -0.2) is 28.7 Å². The molecule has 14 heavy (non-hydrogen) atoms. The molecular formula is C7H13N3O3S. The fourth-order valence-electron chi connectivity index (χ4n) is 0.873. The van der Waals surface area contributed by atoms with Gasteiger partial charge >= 0.3 is 5.97 Å². The number of carbonyl (C=O) groups is 2. The molecule has 0 spiro atoms. The molecule has 0 aromatic carbocycles. The number of carboxylic acid groups (broad SMARTS) is 1. The van der Waals surface area contributed by atoms with Crippen molar-refractivity contribution in [1.29, 1.82) is 0 Å². The molecule has 1 atom stereocenters. The normalized spacial score (nSPS) is 11.8. The number of nitrogens with zero attached hydrogens (tertiary/aromatic N) is 1. The summed E-state index contributed by atoms with van der Waals surface area (Å²) in [6, 6.07) is 0. The van der Waals surface area contributed by atoms with Crippen LogP contribution in [0.1, 0.15) is 12.8 Å². The second-order valence-electron chi connectivity index (χ2n) is 2.73. The van der Waals surface area contributed by atoms with Gasteiger partial charge in [-0.2, -0.15) is 0 Å². The van der Waals surface area contributed by atoms with Crippen LogP contribution in [0.5, 0.6) is 0 Å². The third kappa shape index (κ3) is 6.30. The maximum absolute atomic E-state index is 10.8. The molecule has 0 saturated heterocycles. The highest BCUT2D eigenvalue weighted by Gasteiger charge is 2.18. The van der Waals surface area contributed by atoms with E-state index in [0.717, 1.165) is 0 Å². The summed E-state index contributed by atoms with van der Waals surface area (Å²) in [5, 5.41) is 8.01. The van der Waals surface area contributed by atoms with Gasteiger partial charge in [0.1, 0.15) is 0 Å². The molecule has 80 valence electrons. The predicted molar refractivity (Wildman–Crippen MR) is 55.0 cm³/mol. The van der Waals surface area contributed by atoms with Crippen LogP contribution >= 0.6 is 12.6 Å². The fraction of sp³-hybridized carbons (Fsp3) is 0.571. The van der Waals surface area contributed by atoms with E-state index in [1.165, 1.54) is 0 Å². The molecule has 7 heteroatoms. The van der Waals surface area contributed by atoms with E-state index in [4.69, 9.17) is 16.6 Å². The molecule has 0 rings (SSSR count). The van der Waals surface area contributed by atoms with Gasteiger partial charge in [-0.15, -0.1) is 12.6 Å². The summed E-state index contributed by atoms with van der Waals surface area (Å²) in [5.41, 5.74) is 10.1. The molecular weight excluding hydrogens is 206 g/mol. The van der Waals surface area contributed by atoms with Crippen molar-refractivity contribution in [3.63, 3.8) is 0 Å². The highest BCUT2D eigenvalue weighted by atomic mass is 32.1. The molecule has 0 aliphatic carbocycles. The molecule has 1 unspecified atom stereocenters. The first kappa shape index (κ1) is 12.8. The molecule has 0 aromatic heterocycles. The monoisotopic (exact) mass is 219 g/mol. The molecule has 0 radical (unpaired) electrons. The Bertz CT molecular complexity index is 251. The Kier molecular flexibility index (Phi) is 5.70. The van der Waals surface area contributed by atoms with Crippen molar-refractivity contribution in [2.24, 2.45) is 22.4 Å². The summed E-state index contributed by atoms with van der Waals surface area (Å²) in [7, 11) is 0. The van der Waals surface area contributed by atoms with E-state index in [2.05, 4.69) is 17.6 Å². The van der Waals surface area contributed by atoms with Gasteiger partial charge in [0, 0.05) is 12.5 Å². The summed E-state index contributed by atoms with van der Waals surface area (Å²) in [6.45, 7) is 0.229. The summed E-state index contributed by atoms with van der Waals surface area (Å²) in [6.07, 6.45) is 0.0366. The smallest absolute Gasteiger partial charge is 0.304 e. The zero-order chi connectivity index (χ0) is 11.1. The Morgan fingerprint density at radius 3 is 2.36 bits per heavy atom. The minimum atomic E-state index is -1.04. The molecule has 6 nitrogen and oxygen atoms in total. The van der Waals surface area contributed by atoms with E-state index in [9.17, 15) is 9.59 Å². The van der Waals surface area contributed by atoms with E-state index < -0.39 is 17.0 Å². The number of carboxylic acids is 1. The molecule has 0 heterocycles. The van der Waals surface area contributed by atoms with Crippen molar-refractivity contribution in [3.05, 3.63) is 0 Å². The van der Waals surface area contributed by atoms with Gasteiger partial charge in [0.05, 0.1) is 6.42 Å². The van der Waals surface area contributed by atoms with Crippen LogP contribution in [0, 0.1) is 5.92 Å². The molecule has 0 aliphatic rings. The minimum Gasteiger partial charge on any atom is -0.481 e. The van der Waals surface area contributed by atoms with Gasteiger partial charge in [0.25, 0.3) is 0 Å². The Morgan fingerprint density at radius 1 is 1.43 bits per heavy atom. The number of nitrogens with two attached hydrogens (primary N) is 2. The van der Waals surface area contributed by atoms with Crippen LogP contribution in [0.2, 0.25) is 0 Å². The third-order valence-corrected chi connectivity index (χ3v) is 1.91. The summed E-state index contributed by atoms with van der Waals surface area (Å²) in [5.74, 6) is -1.76. The zero-order valence-electron chi connectivity index (χ0n) is 7.51. The molecule has 0 amide bonds. The lowest BCUT2D eigenvalue weighted by atomic mass is 10.0.